The quantitative estimate of drug-likeness (QED) is 0.406. The molecule has 0 aromatic rings. The van der Waals surface area contributed by atoms with E-state index in [0.717, 1.165) is 57.6 Å². The van der Waals surface area contributed by atoms with E-state index in [4.69, 9.17) is 9.73 Å². The van der Waals surface area contributed by atoms with E-state index in [1.807, 2.05) is 0 Å². The number of aliphatic imine (C=N–C) groups is 1. The Kier molecular flexibility index (Phi) is 8.33. The van der Waals surface area contributed by atoms with Crippen molar-refractivity contribution in [2.24, 2.45) is 10.9 Å². The van der Waals surface area contributed by atoms with Crippen molar-refractivity contribution >= 4 is 5.96 Å². The lowest BCUT2D eigenvalue weighted by Gasteiger charge is -2.41. The molecular weight excluding hydrogens is 300 g/mol. The van der Waals surface area contributed by atoms with Crippen LogP contribution < -0.4 is 10.6 Å². The van der Waals surface area contributed by atoms with Crippen LogP contribution in [0.2, 0.25) is 0 Å². The van der Waals surface area contributed by atoms with Gasteiger partial charge in [0.05, 0.1) is 6.54 Å². The van der Waals surface area contributed by atoms with Crippen LogP contribution >= 0.6 is 0 Å². The van der Waals surface area contributed by atoms with E-state index in [1.165, 1.54) is 38.5 Å². The molecule has 140 valence electrons. The molecular formula is C19H38N4O. The molecule has 0 bridgehead atoms. The molecule has 0 atom stereocenters. The molecule has 2 rings (SSSR count). The molecule has 0 radical (unpaired) electrons. The van der Waals surface area contributed by atoms with Crippen LogP contribution in [0.25, 0.3) is 0 Å². The largest absolute Gasteiger partial charge is 0.381 e. The summed E-state index contributed by atoms with van der Waals surface area (Å²) in [6, 6.07) is 0. The first-order valence-corrected chi connectivity index (χ1v) is 9.93. The summed E-state index contributed by atoms with van der Waals surface area (Å²) in [7, 11) is 4.34. The summed E-state index contributed by atoms with van der Waals surface area (Å²) < 4.78 is 5.55. The lowest BCUT2D eigenvalue weighted by molar-refractivity contribution is -0.00254. The number of hydrogen-bond acceptors (Lipinski definition) is 3. The van der Waals surface area contributed by atoms with Crippen LogP contribution in [-0.2, 0) is 4.74 Å². The lowest BCUT2D eigenvalue weighted by atomic mass is 9.89. The van der Waals surface area contributed by atoms with Gasteiger partial charge in [0.1, 0.15) is 0 Å². The average Bonchev–Trinajstić information content (AvgIpc) is 3.10. The second-order valence-corrected chi connectivity index (χ2v) is 7.65. The second kappa shape index (κ2) is 10.2. The van der Waals surface area contributed by atoms with E-state index in [0.29, 0.717) is 0 Å². The maximum atomic E-state index is 5.55. The van der Waals surface area contributed by atoms with Gasteiger partial charge in [-0.1, -0.05) is 25.7 Å². The molecule has 5 nitrogen and oxygen atoms in total. The van der Waals surface area contributed by atoms with Crippen molar-refractivity contribution in [1.82, 2.24) is 15.5 Å². The molecule has 5 heteroatoms. The van der Waals surface area contributed by atoms with E-state index >= 15 is 0 Å². The van der Waals surface area contributed by atoms with Crippen molar-refractivity contribution in [3.63, 3.8) is 0 Å². The molecule has 0 aromatic carbocycles. The zero-order chi connectivity index (χ0) is 17.3. The third-order valence-corrected chi connectivity index (χ3v) is 5.80. The summed E-state index contributed by atoms with van der Waals surface area (Å²) >= 11 is 0. The van der Waals surface area contributed by atoms with Crippen molar-refractivity contribution in [3.05, 3.63) is 0 Å². The van der Waals surface area contributed by atoms with Crippen molar-refractivity contribution in [2.45, 2.75) is 63.8 Å². The first-order valence-electron chi connectivity index (χ1n) is 9.93. The van der Waals surface area contributed by atoms with Gasteiger partial charge < -0.3 is 20.3 Å². The Bertz CT molecular complexity index is 372. The van der Waals surface area contributed by atoms with Gasteiger partial charge in [-0.05, 0) is 52.6 Å². The van der Waals surface area contributed by atoms with Crippen molar-refractivity contribution in [3.8, 4) is 0 Å². The molecule has 1 saturated heterocycles. The molecule has 1 aliphatic carbocycles. The van der Waals surface area contributed by atoms with Gasteiger partial charge in [-0.25, -0.2) is 0 Å². The monoisotopic (exact) mass is 338 g/mol. The normalized spacial score (nSPS) is 22.1. The summed E-state index contributed by atoms with van der Waals surface area (Å²) in [5.74, 6) is 1.95. The Morgan fingerprint density at radius 1 is 1.17 bits per heavy atom. The van der Waals surface area contributed by atoms with Crippen molar-refractivity contribution in [2.75, 3.05) is 46.9 Å². The number of nitrogens with zero attached hydrogens (tertiary/aromatic N) is 2. The number of guanidine groups is 1. The van der Waals surface area contributed by atoms with Crippen LogP contribution in [0.15, 0.2) is 4.99 Å². The van der Waals surface area contributed by atoms with E-state index in [1.54, 1.807) is 0 Å². The molecule has 0 unspecified atom stereocenters. The molecule has 2 fully saturated rings. The summed E-state index contributed by atoms with van der Waals surface area (Å²) in [6.07, 6.45) is 10.5. The summed E-state index contributed by atoms with van der Waals surface area (Å²) in [5.41, 5.74) is 0.143. The molecule has 2 N–H and O–H groups in total. The molecule has 0 spiro atoms. The first-order chi connectivity index (χ1) is 11.7. The van der Waals surface area contributed by atoms with Crippen LogP contribution in [0.3, 0.4) is 0 Å². The minimum Gasteiger partial charge on any atom is -0.381 e. The Labute approximate surface area is 148 Å². The maximum Gasteiger partial charge on any atom is 0.191 e. The highest BCUT2D eigenvalue weighted by Crippen LogP contribution is 2.28. The Balaban J connectivity index is 1.79. The van der Waals surface area contributed by atoms with E-state index < -0.39 is 0 Å². The highest BCUT2D eigenvalue weighted by atomic mass is 16.5. The van der Waals surface area contributed by atoms with E-state index in [2.05, 4.69) is 36.6 Å². The highest BCUT2D eigenvalue weighted by Gasteiger charge is 2.34. The Morgan fingerprint density at radius 3 is 2.50 bits per heavy atom. The molecule has 2 aliphatic rings. The number of nitrogens with one attached hydrogen (secondary N) is 2. The van der Waals surface area contributed by atoms with Crippen LogP contribution in [0, 0.1) is 5.92 Å². The Morgan fingerprint density at radius 2 is 1.88 bits per heavy atom. The SMILES string of the molecule is CCNC(=NCC1(N(C)C)CCOCC1)NCCCC1CCCC1. The third kappa shape index (κ3) is 5.92. The van der Waals surface area contributed by atoms with Gasteiger partial charge in [-0.3, -0.25) is 4.99 Å². The first kappa shape index (κ1) is 19.5. The zero-order valence-electron chi connectivity index (χ0n) is 16.1. The molecule has 0 aromatic heterocycles. The van der Waals surface area contributed by atoms with Crippen LogP contribution in [0.4, 0.5) is 0 Å². The van der Waals surface area contributed by atoms with Gasteiger partial charge in [-0.15, -0.1) is 0 Å². The molecule has 1 saturated carbocycles. The molecule has 1 heterocycles. The molecule has 0 amide bonds. The summed E-state index contributed by atoms with van der Waals surface area (Å²) in [4.78, 5) is 7.23. The Hall–Kier alpha value is -0.810. The summed E-state index contributed by atoms with van der Waals surface area (Å²) in [6.45, 7) is 6.60. The topological polar surface area (TPSA) is 48.9 Å². The predicted octanol–water partition coefficient (Wildman–Crippen LogP) is 2.62. The maximum absolute atomic E-state index is 5.55. The number of hydrogen-bond donors (Lipinski definition) is 2. The molecule has 1 aliphatic heterocycles. The summed E-state index contributed by atoms with van der Waals surface area (Å²) in [5, 5.41) is 6.93. The van der Waals surface area contributed by atoms with Crippen molar-refractivity contribution in [1.29, 1.82) is 0 Å². The zero-order valence-corrected chi connectivity index (χ0v) is 16.1. The fourth-order valence-corrected chi connectivity index (χ4v) is 3.96. The van der Waals surface area contributed by atoms with Gasteiger partial charge in [0, 0.05) is 31.8 Å². The lowest BCUT2D eigenvalue weighted by Crippen LogP contribution is -2.51. The van der Waals surface area contributed by atoms with Gasteiger partial charge in [-0.2, -0.15) is 0 Å². The van der Waals surface area contributed by atoms with Gasteiger partial charge in [0.15, 0.2) is 5.96 Å². The fraction of sp³-hybridized carbons (Fsp3) is 0.947. The number of rotatable bonds is 8. The average molecular weight is 339 g/mol. The van der Waals surface area contributed by atoms with E-state index in [9.17, 15) is 0 Å². The fourth-order valence-electron chi connectivity index (χ4n) is 3.96. The van der Waals surface area contributed by atoms with Crippen LogP contribution in [-0.4, -0.2) is 63.3 Å². The molecule has 24 heavy (non-hydrogen) atoms. The van der Waals surface area contributed by atoms with Gasteiger partial charge in [0.2, 0.25) is 0 Å². The number of likely N-dealkylation sites (N-methyl/N-ethyl adjacent to an activating group) is 1. The standard InChI is InChI=1S/C19H38N4O/c1-4-20-18(21-13-7-10-17-8-5-6-9-17)22-16-19(23(2)3)11-14-24-15-12-19/h17H,4-16H2,1-3H3,(H2,20,21,22). The smallest absolute Gasteiger partial charge is 0.191 e. The second-order valence-electron chi connectivity index (χ2n) is 7.65. The van der Waals surface area contributed by atoms with E-state index in [-0.39, 0.29) is 5.54 Å². The van der Waals surface area contributed by atoms with Crippen LogP contribution in [0.1, 0.15) is 58.3 Å². The van der Waals surface area contributed by atoms with Crippen molar-refractivity contribution < 1.29 is 4.74 Å². The highest BCUT2D eigenvalue weighted by molar-refractivity contribution is 5.79. The predicted molar refractivity (Wildman–Crippen MR) is 102 cm³/mol. The number of ether oxygens (including phenoxy) is 1. The van der Waals surface area contributed by atoms with Gasteiger partial charge >= 0.3 is 0 Å². The minimum atomic E-state index is 0.143. The van der Waals surface area contributed by atoms with Crippen LogP contribution in [0.5, 0.6) is 0 Å². The van der Waals surface area contributed by atoms with Gasteiger partial charge in [0.25, 0.3) is 0 Å². The minimum absolute atomic E-state index is 0.143. The third-order valence-electron chi connectivity index (χ3n) is 5.80.